The van der Waals surface area contributed by atoms with Crippen LogP contribution in [0.2, 0.25) is 0 Å². The van der Waals surface area contributed by atoms with Crippen LogP contribution in [0.3, 0.4) is 0 Å². The van der Waals surface area contributed by atoms with E-state index in [0.29, 0.717) is 30.4 Å². The smallest absolute Gasteiger partial charge is 0.215 e. The van der Waals surface area contributed by atoms with Crippen LogP contribution >= 0.6 is 0 Å². The third-order valence-electron chi connectivity index (χ3n) is 4.08. The topological polar surface area (TPSA) is 116 Å². The molecule has 0 amide bonds. The van der Waals surface area contributed by atoms with Crippen molar-refractivity contribution in [2.75, 3.05) is 20.1 Å². The fraction of sp³-hybridized carbons (Fsp3) is 0.421. The first-order valence-corrected chi connectivity index (χ1v) is 10.7. The molecule has 8 nitrogen and oxygen atoms in total. The van der Waals surface area contributed by atoms with Crippen molar-refractivity contribution in [3.8, 4) is 0 Å². The van der Waals surface area contributed by atoms with Crippen LogP contribution in [0.25, 0.3) is 0 Å². The zero-order chi connectivity index (χ0) is 20.6. The van der Waals surface area contributed by atoms with Crippen LogP contribution in [-0.4, -0.2) is 39.6 Å². The first-order chi connectivity index (χ1) is 13.3. The largest absolute Gasteiger partial charge is 0.466 e. The van der Waals surface area contributed by atoms with E-state index in [0.717, 1.165) is 5.56 Å². The second kappa shape index (κ2) is 9.72. The van der Waals surface area contributed by atoms with E-state index in [-0.39, 0.29) is 12.3 Å². The third-order valence-corrected chi connectivity index (χ3v) is 5.41. The summed E-state index contributed by atoms with van der Waals surface area (Å²) in [6.07, 6.45) is 1.52. The molecule has 0 aliphatic carbocycles. The van der Waals surface area contributed by atoms with Crippen LogP contribution in [0.4, 0.5) is 0 Å². The maximum absolute atomic E-state index is 11.7. The highest BCUT2D eigenvalue weighted by atomic mass is 32.2. The summed E-state index contributed by atoms with van der Waals surface area (Å²) in [5, 5.41) is 16.8. The molecule has 1 aromatic carbocycles. The van der Waals surface area contributed by atoms with Crippen LogP contribution in [0.15, 0.2) is 52.1 Å². The molecule has 4 N–H and O–H groups in total. The Morgan fingerprint density at radius 2 is 1.96 bits per heavy atom. The van der Waals surface area contributed by atoms with Gasteiger partial charge in [-0.05, 0) is 44.2 Å². The normalized spacial score (nSPS) is 14.5. The van der Waals surface area contributed by atoms with Gasteiger partial charge in [0.05, 0.1) is 25.1 Å². The average Bonchev–Trinajstić information content (AvgIpc) is 3.20. The minimum absolute atomic E-state index is 0.0780. The summed E-state index contributed by atoms with van der Waals surface area (Å²) in [6, 6.07) is 10.7. The summed E-state index contributed by atoms with van der Waals surface area (Å²) in [5.74, 6) is 0.933. The number of guanidine groups is 1. The Bertz CT molecular complexity index is 877. The molecular formula is C19H28N4O4S. The van der Waals surface area contributed by atoms with Gasteiger partial charge in [-0.15, -0.1) is 0 Å². The molecule has 9 heteroatoms. The van der Waals surface area contributed by atoms with Gasteiger partial charge in [-0.1, -0.05) is 24.3 Å². The van der Waals surface area contributed by atoms with Crippen LogP contribution in [0.1, 0.15) is 30.7 Å². The number of aliphatic hydroxyl groups is 1. The SMILES string of the molecule is CCNC(=NCc1cccc(CS(=O)(=O)NC)c1)NCC(C)(O)c1ccco1. The van der Waals surface area contributed by atoms with Crippen molar-refractivity contribution < 1.29 is 17.9 Å². The van der Waals surface area contributed by atoms with Crippen molar-refractivity contribution >= 4 is 16.0 Å². The molecule has 154 valence electrons. The first-order valence-electron chi connectivity index (χ1n) is 9.03. The van der Waals surface area contributed by atoms with Gasteiger partial charge in [0.25, 0.3) is 0 Å². The maximum atomic E-state index is 11.7. The molecule has 0 aliphatic heterocycles. The Balaban J connectivity index is 2.04. The molecule has 1 aromatic heterocycles. The zero-order valence-electron chi connectivity index (χ0n) is 16.4. The molecular weight excluding hydrogens is 380 g/mol. The Morgan fingerprint density at radius 3 is 2.61 bits per heavy atom. The number of hydrogen-bond acceptors (Lipinski definition) is 5. The molecule has 0 fully saturated rings. The van der Waals surface area contributed by atoms with Crippen molar-refractivity contribution in [1.29, 1.82) is 0 Å². The highest BCUT2D eigenvalue weighted by Gasteiger charge is 2.26. The number of sulfonamides is 1. The van der Waals surface area contributed by atoms with Crippen molar-refractivity contribution in [2.24, 2.45) is 4.99 Å². The van der Waals surface area contributed by atoms with E-state index in [1.807, 2.05) is 25.1 Å². The number of benzene rings is 1. The lowest BCUT2D eigenvalue weighted by molar-refractivity contribution is 0.0386. The predicted molar refractivity (Wildman–Crippen MR) is 109 cm³/mol. The first kappa shape index (κ1) is 21.9. The molecule has 2 aromatic rings. The van der Waals surface area contributed by atoms with Crippen molar-refractivity contribution in [3.05, 3.63) is 59.5 Å². The summed E-state index contributed by atoms with van der Waals surface area (Å²) >= 11 is 0. The summed E-state index contributed by atoms with van der Waals surface area (Å²) in [4.78, 5) is 4.51. The fourth-order valence-electron chi connectivity index (χ4n) is 2.55. The van der Waals surface area contributed by atoms with Crippen molar-refractivity contribution in [1.82, 2.24) is 15.4 Å². The van der Waals surface area contributed by atoms with E-state index >= 15 is 0 Å². The summed E-state index contributed by atoms with van der Waals surface area (Å²) in [5.41, 5.74) is 0.403. The standard InChI is InChI=1S/C19H28N4O4S/c1-4-21-18(23-14-19(2,24)17-9-6-10-27-17)22-12-15-7-5-8-16(11-15)13-28(25,26)20-3/h5-11,20,24H,4,12-14H2,1-3H3,(H2,21,22,23). The van der Waals surface area contributed by atoms with Gasteiger partial charge >= 0.3 is 0 Å². The van der Waals surface area contributed by atoms with Gasteiger partial charge in [0.1, 0.15) is 11.4 Å². The Morgan fingerprint density at radius 1 is 1.21 bits per heavy atom. The molecule has 1 heterocycles. The number of hydrogen-bond donors (Lipinski definition) is 4. The molecule has 28 heavy (non-hydrogen) atoms. The Kier molecular flexibility index (Phi) is 7.61. The number of furan rings is 1. The number of nitrogens with one attached hydrogen (secondary N) is 3. The Hall–Kier alpha value is -2.36. The minimum atomic E-state index is -3.32. The van der Waals surface area contributed by atoms with E-state index in [9.17, 15) is 13.5 Å². The quantitative estimate of drug-likeness (QED) is 0.367. The molecule has 2 rings (SSSR count). The van der Waals surface area contributed by atoms with E-state index < -0.39 is 15.6 Å². The minimum Gasteiger partial charge on any atom is -0.466 e. The molecule has 1 unspecified atom stereocenters. The van der Waals surface area contributed by atoms with Crippen LogP contribution < -0.4 is 15.4 Å². The van der Waals surface area contributed by atoms with Gasteiger partial charge < -0.3 is 20.2 Å². The Labute approximate surface area is 166 Å². The lowest BCUT2D eigenvalue weighted by Crippen LogP contribution is -2.44. The molecule has 0 saturated carbocycles. The molecule has 0 spiro atoms. The van der Waals surface area contributed by atoms with Gasteiger partial charge in [0.15, 0.2) is 5.96 Å². The van der Waals surface area contributed by atoms with Gasteiger partial charge in [-0.2, -0.15) is 0 Å². The zero-order valence-corrected chi connectivity index (χ0v) is 17.2. The summed E-state index contributed by atoms with van der Waals surface area (Å²) in [6.45, 7) is 4.85. The van der Waals surface area contributed by atoms with E-state index in [2.05, 4.69) is 20.3 Å². The highest BCUT2D eigenvalue weighted by molar-refractivity contribution is 7.88. The molecule has 0 bridgehead atoms. The van der Waals surface area contributed by atoms with Gasteiger partial charge in [0.2, 0.25) is 10.0 Å². The summed E-state index contributed by atoms with van der Waals surface area (Å²) < 4.78 is 31.0. The molecule has 1 atom stereocenters. The van der Waals surface area contributed by atoms with Crippen molar-refractivity contribution in [3.63, 3.8) is 0 Å². The number of nitrogens with zero attached hydrogens (tertiary/aromatic N) is 1. The summed E-state index contributed by atoms with van der Waals surface area (Å²) in [7, 11) is -1.92. The maximum Gasteiger partial charge on any atom is 0.215 e. The lowest BCUT2D eigenvalue weighted by atomic mass is 10.0. The van der Waals surface area contributed by atoms with Crippen LogP contribution in [0, 0.1) is 0 Å². The monoisotopic (exact) mass is 408 g/mol. The van der Waals surface area contributed by atoms with E-state index in [4.69, 9.17) is 4.42 Å². The van der Waals surface area contributed by atoms with Gasteiger partial charge in [-0.25, -0.2) is 18.1 Å². The fourth-order valence-corrected chi connectivity index (χ4v) is 3.31. The predicted octanol–water partition coefficient (Wildman–Crippen LogP) is 1.29. The number of rotatable bonds is 9. The van der Waals surface area contributed by atoms with Crippen LogP contribution in [0.5, 0.6) is 0 Å². The molecule has 0 radical (unpaired) electrons. The van der Waals surface area contributed by atoms with Crippen LogP contribution in [-0.2, 0) is 27.9 Å². The van der Waals surface area contributed by atoms with Gasteiger partial charge in [-0.3, -0.25) is 0 Å². The third kappa shape index (κ3) is 6.66. The molecule has 0 aliphatic rings. The van der Waals surface area contributed by atoms with E-state index in [1.165, 1.54) is 13.3 Å². The molecule has 0 saturated heterocycles. The van der Waals surface area contributed by atoms with Crippen molar-refractivity contribution in [2.45, 2.75) is 31.7 Å². The second-order valence-electron chi connectivity index (χ2n) is 6.58. The number of aliphatic imine (C=N–C) groups is 1. The van der Waals surface area contributed by atoms with E-state index in [1.54, 1.807) is 25.1 Å². The lowest BCUT2D eigenvalue weighted by Gasteiger charge is -2.22. The second-order valence-corrected chi connectivity index (χ2v) is 8.51. The average molecular weight is 409 g/mol. The highest BCUT2D eigenvalue weighted by Crippen LogP contribution is 2.19. The van der Waals surface area contributed by atoms with Gasteiger partial charge in [0, 0.05) is 6.54 Å².